The monoisotopic (exact) mass is 500 g/mol. The van der Waals surface area contributed by atoms with E-state index in [1.165, 1.54) is 13.2 Å². The van der Waals surface area contributed by atoms with Gasteiger partial charge in [-0.3, -0.25) is 14.5 Å². The number of thiophene rings is 1. The zero-order valence-corrected chi connectivity index (χ0v) is 19.0. The summed E-state index contributed by atoms with van der Waals surface area (Å²) in [4.78, 5) is 43.7. The molecule has 0 spiro atoms. The molecule has 0 bridgehead atoms. The zero-order chi connectivity index (χ0) is 24.9. The van der Waals surface area contributed by atoms with Crippen molar-refractivity contribution in [3.63, 3.8) is 0 Å². The number of amides is 1. The first-order chi connectivity index (χ1) is 16.1. The van der Waals surface area contributed by atoms with Gasteiger partial charge in [-0.1, -0.05) is 0 Å². The number of ether oxygens (including phenoxy) is 1. The molecule has 3 heterocycles. The van der Waals surface area contributed by atoms with E-state index in [9.17, 15) is 32.7 Å². The number of alkyl halides is 3. The van der Waals surface area contributed by atoms with Crippen molar-refractivity contribution in [2.75, 3.05) is 50.1 Å². The van der Waals surface area contributed by atoms with Gasteiger partial charge in [-0.25, -0.2) is 9.78 Å². The Hall–Kier alpha value is -3.19. The van der Waals surface area contributed by atoms with Crippen molar-refractivity contribution >= 4 is 40.7 Å². The number of anilines is 2. The summed E-state index contributed by atoms with van der Waals surface area (Å²) in [5.41, 5.74) is -0.553. The Morgan fingerprint density at radius 1 is 1.21 bits per heavy atom. The van der Waals surface area contributed by atoms with Crippen LogP contribution in [0.2, 0.25) is 0 Å². The lowest BCUT2D eigenvalue weighted by Gasteiger charge is -2.36. The highest BCUT2D eigenvalue weighted by molar-refractivity contribution is 7.12. The summed E-state index contributed by atoms with van der Waals surface area (Å²) in [6.07, 6.45) is -3.95. The van der Waals surface area contributed by atoms with Gasteiger partial charge in [-0.05, 0) is 23.6 Å². The molecule has 34 heavy (non-hydrogen) atoms. The number of carboxylic acid groups (broad SMARTS) is 1. The highest BCUT2D eigenvalue weighted by atomic mass is 32.1. The number of carbonyl (C=O) groups is 3. The second kappa shape index (κ2) is 10.8. The Labute approximate surface area is 197 Å². The van der Waals surface area contributed by atoms with Crippen LogP contribution in [0, 0.1) is 5.92 Å². The molecule has 1 aliphatic heterocycles. The molecular weight excluding hydrogens is 477 g/mol. The SMILES string of the molecule is COC(=O)c1sccc1NC(=O)CC(CN1CCN(c2ccc(C(F)(F)F)cn2)CC1)C(=O)O. The average molecular weight is 500 g/mol. The molecule has 2 aromatic heterocycles. The van der Waals surface area contributed by atoms with Crippen LogP contribution in [0.1, 0.15) is 21.7 Å². The lowest BCUT2D eigenvalue weighted by molar-refractivity contribution is -0.144. The zero-order valence-electron chi connectivity index (χ0n) is 18.2. The van der Waals surface area contributed by atoms with E-state index >= 15 is 0 Å². The highest BCUT2D eigenvalue weighted by Crippen LogP contribution is 2.29. The fraction of sp³-hybridized carbons (Fsp3) is 0.429. The number of aliphatic carboxylic acids is 1. The maximum atomic E-state index is 12.7. The van der Waals surface area contributed by atoms with Gasteiger partial charge in [0.25, 0.3) is 0 Å². The summed E-state index contributed by atoms with van der Waals surface area (Å²) in [5, 5.41) is 13.8. The fourth-order valence-electron chi connectivity index (χ4n) is 3.53. The first-order valence-electron chi connectivity index (χ1n) is 10.3. The Morgan fingerprint density at radius 3 is 2.47 bits per heavy atom. The maximum absolute atomic E-state index is 12.7. The number of methoxy groups -OCH3 is 1. The van der Waals surface area contributed by atoms with Crippen molar-refractivity contribution in [3.8, 4) is 0 Å². The molecule has 1 saturated heterocycles. The summed E-state index contributed by atoms with van der Waals surface area (Å²) >= 11 is 1.10. The molecule has 1 aliphatic rings. The Kier molecular flexibility index (Phi) is 8.10. The van der Waals surface area contributed by atoms with Crippen molar-refractivity contribution in [2.24, 2.45) is 5.92 Å². The molecule has 1 unspecified atom stereocenters. The summed E-state index contributed by atoms with van der Waals surface area (Å²) in [6, 6.07) is 3.84. The number of hydrogen-bond donors (Lipinski definition) is 2. The molecule has 1 amide bonds. The molecule has 3 rings (SSSR count). The van der Waals surface area contributed by atoms with E-state index in [0.717, 1.165) is 23.6 Å². The van der Waals surface area contributed by atoms with Crippen LogP contribution in [-0.4, -0.2) is 72.7 Å². The lowest BCUT2D eigenvalue weighted by atomic mass is 10.0. The standard InChI is InChI=1S/C21H23F3N4O5S/c1-33-20(32)18-15(4-9-34-18)26-17(29)10-13(19(30)31)12-27-5-7-28(8-6-27)16-3-2-14(11-25-16)21(22,23)24/h2-4,9,11,13H,5-8,10,12H2,1H3,(H,26,29)(H,30,31). The van der Waals surface area contributed by atoms with Crippen molar-refractivity contribution < 1.29 is 37.4 Å². The van der Waals surface area contributed by atoms with Gasteiger partial charge in [0.1, 0.15) is 10.7 Å². The number of esters is 1. The average Bonchev–Trinajstić information content (AvgIpc) is 3.26. The Morgan fingerprint density at radius 2 is 1.91 bits per heavy atom. The first kappa shape index (κ1) is 25.4. The van der Waals surface area contributed by atoms with Gasteiger partial charge in [0, 0.05) is 45.3 Å². The van der Waals surface area contributed by atoms with Crippen LogP contribution in [0.15, 0.2) is 29.8 Å². The number of nitrogens with zero attached hydrogens (tertiary/aromatic N) is 3. The number of nitrogens with one attached hydrogen (secondary N) is 1. The molecule has 9 nitrogen and oxygen atoms in total. The topological polar surface area (TPSA) is 112 Å². The summed E-state index contributed by atoms with van der Waals surface area (Å²) in [5.74, 6) is -2.82. The van der Waals surface area contributed by atoms with Crippen molar-refractivity contribution in [2.45, 2.75) is 12.6 Å². The number of piperazine rings is 1. The van der Waals surface area contributed by atoms with E-state index in [1.807, 2.05) is 9.80 Å². The van der Waals surface area contributed by atoms with Gasteiger partial charge in [-0.2, -0.15) is 13.2 Å². The van der Waals surface area contributed by atoms with Crippen molar-refractivity contribution in [1.82, 2.24) is 9.88 Å². The second-order valence-corrected chi connectivity index (χ2v) is 8.55. The van der Waals surface area contributed by atoms with Crippen LogP contribution in [0.3, 0.4) is 0 Å². The third-order valence-corrected chi connectivity index (χ3v) is 6.24. The van der Waals surface area contributed by atoms with Gasteiger partial charge < -0.3 is 20.1 Å². The van der Waals surface area contributed by atoms with E-state index < -0.39 is 35.5 Å². The predicted octanol–water partition coefficient (Wildman–Crippen LogP) is 2.80. The number of carboxylic acids is 1. The normalized spacial score (nSPS) is 15.6. The third-order valence-electron chi connectivity index (χ3n) is 5.34. The van der Waals surface area contributed by atoms with Gasteiger partial charge in [0.15, 0.2) is 0 Å². The van der Waals surface area contributed by atoms with Gasteiger partial charge >= 0.3 is 18.1 Å². The smallest absolute Gasteiger partial charge is 0.417 e. The van der Waals surface area contributed by atoms with Gasteiger partial charge in [-0.15, -0.1) is 11.3 Å². The summed E-state index contributed by atoms with van der Waals surface area (Å²) < 4.78 is 42.8. The summed E-state index contributed by atoms with van der Waals surface area (Å²) in [7, 11) is 1.22. The van der Waals surface area contributed by atoms with E-state index in [4.69, 9.17) is 0 Å². The molecule has 2 aromatic rings. The summed E-state index contributed by atoms with van der Waals surface area (Å²) in [6.45, 7) is 1.96. The number of halogens is 3. The number of rotatable bonds is 8. The lowest BCUT2D eigenvalue weighted by Crippen LogP contribution is -2.49. The molecule has 1 atom stereocenters. The van der Waals surface area contributed by atoms with E-state index in [2.05, 4.69) is 15.0 Å². The Balaban J connectivity index is 1.53. The highest BCUT2D eigenvalue weighted by Gasteiger charge is 2.31. The number of aromatic nitrogens is 1. The minimum absolute atomic E-state index is 0.129. The quantitative estimate of drug-likeness (QED) is 0.533. The van der Waals surface area contributed by atoms with E-state index in [0.29, 0.717) is 32.0 Å². The minimum atomic E-state index is -4.45. The Bertz CT molecular complexity index is 1020. The van der Waals surface area contributed by atoms with Crippen LogP contribution in [0.5, 0.6) is 0 Å². The van der Waals surface area contributed by atoms with Gasteiger partial charge in [0.05, 0.1) is 24.3 Å². The molecular formula is C21H23F3N4O5S. The van der Waals surface area contributed by atoms with Gasteiger partial charge in [0.2, 0.25) is 5.91 Å². The molecule has 1 fully saturated rings. The minimum Gasteiger partial charge on any atom is -0.481 e. The number of carbonyl (C=O) groups excluding carboxylic acids is 2. The number of hydrogen-bond acceptors (Lipinski definition) is 8. The third kappa shape index (κ3) is 6.44. The first-order valence-corrected chi connectivity index (χ1v) is 11.2. The van der Waals surface area contributed by atoms with Crippen molar-refractivity contribution in [1.29, 1.82) is 0 Å². The second-order valence-electron chi connectivity index (χ2n) is 7.63. The fourth-order valence-corrected chi connectivity index (χ4v) is 4.29. The largest absolute Gasteiger partial charge is 0.481 e. The maximum Gasteiger partial charge on any atom is 0.417 e. The molecule has 184 valence electrons. The molecule has 13 heteroatoms. The molecule has 0 saturated carbocycles. The van der Waals surface area contributed by atoms with Crippen LogP contribution in [-0.2, 0) is 20.5 Å². The van der Waals surface area contributed by atoms with Crippen LogP contribution >= 0.6 is 11.3 Å². The molecule has 0 aromatic carbocycles. The van der Waals surface area contributed by atoms with Crippen LogP contribution < -0.4 is 10.2 Å². The predicted molar refractivity (Wildman–Crippen MR) is 118 cm³/mol. The molecule has 0 aliphatic carbocycles. The van der Waals surface area contributed by atoms with Crippen LogP contribution in [0.25, 0.3) is 0 Å². The van der Waals surface area contributed by atoms with E-state index in [1.54, 1.807) is 11.4 Å². The number of pyridine rings is 1. The molecule has 2 N–H and O–H groups in total. The van der Waals surface area contributed by atoms with Crippen LogP contribution in [0.4, 0.5) is 24.7 Å². The molecule has 0 radical (unpaired) electrons. The van der Waals surface area contributed by atoms with Crippen molar-refractivity contribution in [3.05, 3.63) is 40.2 Å². The van der Waals surface area contributed by atoms with E-state index in [-0.39, 0.29) is 23.5 Å².